The number of hydrogen-bond acceptors (Lipinski definition) is 8. The number of halogens is 1. The molecular formula is C29H33BrN6O4. The fraction of sp³-hybridized carbons (Fsp3) is 0.345. The summed E-state index contributed by atoms with van der Waals surface area (Å²) in [6.45, 7) is 2.70. The first-order valence-corrected chi connectivity index (χ1v) is 14.1. The van der Waals surface area contributed by atoms with Crippen molar-refractivity contribution >= 4 is 44.7 Å². The van der Waals surface area contributed by atoms with Gasteiger partial charge >= 0.3 is 0 Å². The van der Waals surface area contributed by atoms with Gasteiger partial charge in [0.1, 0.15) is 24.3 Å². The molecule has 1 amide bonds. The first-order valence-electron chi connectivity index (χ1n) is 13.3. The van der Waals surface area contributed by atoms with Gasteiger partial charge in [0.15, 0.2) is 6.29 Å². The van der Waals surface area contributed by atoms with Gasteiger partial charge in [-0.25, -0.2) is 4.98 Å². The van der Waals surface area contributed by atoms with Gasteiger partial charge in [0, 0.05) is 30.4 Å². The Kier molecular flexibility index (Phi) is 8.53. The van der Waals surface area contributed by atoms with Crippen LogP contribution in [-0.4, -0.2) is 82.5 Å². The molecule has 210 valence electrons. The monoisotopic (exact) mass is 608 g/mol. The molecule has 2 aliphatic heterocycles. The summed E-state index contributed by atoms with van der Waals surface area (Å²) in [4.78, 5) is 37.6. The molecule has 1 saturated heterocycles. The number of fused-ring (bicyclic) bond motifs is 2. The minimum atomic E-state index is -0.863. The second-order valence-electron chi connectivity index (χ2n) is 10.2. The van der Waals surface area contributed by atoms with Gasteiger partial charge in [-0.1, -0.05) is 12.1 Å². The van der Waals surface area contributed by atoms with Gasteiger partial charge in [-0.05, 0) is 91.0 Å². The lowest BCUT2D eigenvalue weighted by atomic mass is 10.0. The van der Waals surface area contributed by atoms with Gasteiger partial charge in [-0.2, -0.15) is 0 Å². The Bertz CT molecular complexity index is 1460. The molecule has 0 aliphatic carbocycles. The minimum Gasteiger partial charge on any atom is -0.490 e. The van der Waals surface area contributed by atoms with E-state index in [2.05, 4.69) is 43.2 Å². The highest BCUT2D eigenvalue weighted by Gasteiger charge is 2.34. The average Bonchev–Trinajstić information content (AvgIpc) is 3.50. The van der Waals surface area contributed by atoms with Crippen LogP contribution in [-0.2, 0) is 11.3 Å². The Morgan fingerprint density at radius 3 is 2.83 bits per heavy atom. The Balaban J connectivity index is 1.31. The van der Waals surface area contributed by atoms with Crippen LogP contribution < -0.4 is 15.8 Å². The number of nitrogens with zero attached hydrogens (tertiary/aromatic N) is 3. The van der Waals surface area contributed by atoms with Crippen LogP contribution in [0.3, 0.4) is 0 Å². The van der Waals surface area contributed by atoms with Crippen LogP contribution in [0.4, 0.5) is 0 Å². The van der Waals surface area contributed by atoms with Gasteiger partial charge in [0.2, 0.25) is 0 Å². The van der Waals surface area contributed by atoms with Crippen LogP contribution >= 0.6 is 15.9 Å². The number of ether oxygens (including phenoxy) is 1. The number of benzene rings is 2. The largest absolute Gasteiger partial charge is 0.490 e. The normalized spacial score (nSPS) is 17.8. The first-order chi connectivity index (χ1) is 19.4. The van der Waals surface area contributed by atoms with Crippen LogP contribution in [0.5, 0.6) is 5.75 Å². The third-order valence-electron chi connectivity index (χ3n) is 7.39. The number of imidazole rings is 1. The number of aliphatic hydroxyl groups excluding tert-OH is 1. The standard InChI is InChI=1S/C29H33BrN6O4/c1-35-10-7-19(8-11-35)36-15-18-12-25-26(13-21(18)29(36)39)34-28(33-25)22(16-37)24(6-9-31)32-14-20(38)17-40-27-5-3-2-4-23(27)30/h2-6,9,12-13,16,19-20,32,38H,7-8,10-11,14-15,17,31H2,1H3,(H,33,34)/b9-6-,24-22-. The number of allylic oxidation sites excluding steroid dienone is 2. The summed E-state index contributed by atoms with van der Waals surface area (Å²) in [5, 5.41) is 13.6. The van der Waals surface area contributed by atoms with Crippen LogP contribution in [0.1, 0.15) is 34.6 Å². The third-order valence-corrected chi connectivity index (χ3v) is 8.04. The van der Waals surface area contributed by atoms with Crippen LogP contribution in [0, 0.1) is 0 Å². The zero-order valence-corrected chi connectivity index (χ0v) is 23.9. The summed E-state index contributed by atoms with van der Waals surface area (Å²) in [7, 11) is 2.11. The van der Waals surface area contributed by atoms with Crippen LogP contribution in [0.2, 0.25) is 0 Å². The number of nitrogens with two attached hydrogens (primary N) is 1. The molecule has 0 bridgehead atoms. The molecule has 0 spiro atoms. The second kappa shape index (κ2) is 12.2. The Labute approximate surface area is 241 Å². The number of amides is 1. The van der Waals surface area contributed by atoms with Gasteiger partial charge in [0.25, 0.3) is 5.91 Å². The summed E-state index contributed by atoms with van der Waals surface area (Å²) < 4.78 is 6.47. The fourth-order valence-corrected chi connectivity index (χ4v) is 5.59. The van der Waals surface area contributed by atoms with E-state index in [1.165, 1.54) is 6.20 Å². The molecular weight excluding hydrogens is 576 g/mol. The van der Waals surface area contributed by atoms with E-state index in [1.807, 2.05) is 29.2 Å². The number of aromatic amines is 1. The summed E-state index contributed by atoms with van der Waals surface area (Å²) in [6, 6.07) is 11.4. The Morgan fingerprint density at radius 2 is 2.10 bits per heavy atom. The molecule has 0 radical (unpaired) electrons. The van der Waals surface area contributed by atoms with E-state index in [1.54, 1.807) is 18.2 Å². The number of piperidine rings is 1. The van der Waals surface area contributed by atoms with E-state index in [4.69, 9.17) is 10.5 Å². The lowest BCUT2D eigenvalue weighted by Crippen LogP contribution is -2.43. The fourth-order valence-electron chi connectivity index (χ4n) is 5.19. The van der Waals surface area contributed by atoms with Crippen molar-refractivity contribution in [1.82, 2.24) is 25.1 Å². The molecule has 0 saturated carbocycles. The summed E-state index contributed by atoms with van der Waals surface area (Å²) in [5.41, 5.74) is 9.26. The molecule has 1 atom stereocenters. The molecule has 11 heteroatoms. The highest BCUT2D eigenvalue weighted by molar-refractivity contribution is 9.10. The highest BCUT2D eigenvalue weighted by Crippen LogP contribution is 2.32. The second-order valence-corrected chi connectivity index (χ2v) is 11.0. The molecule has 3 aromatic rings. The summed E-state index contributed by atoms with van der Waals surface area (Å²) in [5.74, 6) is 0.997. The van der Waals surface area contributed by atoms with Crippen molar-refractivity contribution in [3.05, 3.63) is 75.8 Å². The maximum absolute atomic E-state index is 13.3. The Morgan fingerprint density at radius 1 is 1.32 bits per heavy atom. The van der Waals surface area contributed by atoms with Gasteiger partial charge in [-0.15, -0.1) is 0 Å². The highest BCUT2D eigenvalue weighted by atomic mass is 79.9. The van der Waals surface area contributed by atoms with Crippen LogP contribution in [0.25, 0.3) is 16.6 Å². The van der Waals surface area contributed by atoms with E-state index < -0.39 is 6.10 Å². The van der Waals surface area contributed by atoms with Crippen molar-refractivity contribution < 1.29 is 19.4 Å². The number of likely N-dealkylation sites (tertiary alicyclic amines) is 1. The smallest absolute Gasteiger partial charge is 0.254 e. The predicted molar refractivity (Wildman–Crippen MR) is 156 cm³/mol. The number of carbonyl (C=O) groups excluding carboxylic acids is 2. The minimum absolute atomic E-state index is 0.0364. The van der Waals surface area contributed by atoms with Crippen molar-refractivity contribution in [2.75, 3.05) is 33.3 Å². The van der Waals surface area contributed by atoms with Gasteiger partial charge < -0.3 is 35.7 Å². The zero-order valence-electron chi connectivity index (χ0n) is 22.3. The van der Waals surface area contributed by atoms with E-state index in [0.29, 0.717) is 41.2 Å². The molecule has 1 fully saturated rings. The number of hydrogen-bond donors (Lipinski definition) is 4. The molecule has 2 aliphatic rings. The van der Waals surface area contributed by atoms with E-state index in [9.17, 15) is 14.7 Å². The van der Waals surface area contributed by atoms with E-state index in [-0.39, 0.29) is 30.7 Å². The quantitative estimate of drug-likeness (QED) is 0.157. The number of rotatable bonds is 10. The molecule has 2 aromatic carbocycles. The number of aldehydes is 1. The molecule has 1 unspecified atom stereocenters. The number of aliphatic hydroxyl groups is 1. The van der Waals surface area contributed by atoms with Crippen molar-refractivity contribution in [3.63, 3.8) is 0 Å². The molecule has 40 heavy (non-hydrogen) atoms. The van der Waals surface area contributed by atoms with Crippen molar-refractivity contribution in [1.29, 1.82) is 0 Å². The van der Waals surface area contributed by atoms with Crippen molar-refractivity contribution in [3.8, 4) is 5.75 Å². The SMILES string of the molecule is CN1CCC(N2Cc3cc4[nH]c(/C(C=O)=C(/C=C\N)NCC(O)COc5ccccc5Br)nc4cc3C2=O)CC1. The first kappa shape index (κ1) is 27.9. The Hall–Kier alpha value is -3.67. The predicted octanol–water partition coefficient (Wildman–Crippen LogP) is 2.79. The topological polar surface area (TPSA) is 137 Å². The lowest BCUT2D eigenvalue weighted by molar-refractivity contribution is -0.103. The number of para-hydroxylation sites is 1. The maximum atomic E-state index is 13.3. The average molecular weight is 610 g/mol. The van der Waals surface area contributed by atoms with Crippen molar-refractivity contribution in [2.45, 2.75) is 31.5 Å². The number of nitrogens with one attached hydrogen (secondary N) is 2. The number of aromatic nitrogens is 2. The van der Waals surface area contributed by atoms with E-state index >= 15 is 0 Å². The molecule has 10 nitrogen and oxygen atoms in total. The molecule has 5 N–H and O–H groups in total. The molecule has 5 rings (SSSR count). The third kappa shape index (κ3) is 5.91. The van der Waals surface area contributed by atoms with E-state index in [0.717, 1.165) is 41.5 Å². The maximum Gasteiger partial charge on any atom is 0.254 e. The molecule has 1 aromatic heterocycles. The van der Waals surface area contributed by atoms with Crippen LogP contribution in [0.15, 0.2) is 58.8 Å². The van der Waals surface area contributed by atoms with Crippen molar-refractivity contribution in [2.24, 2.45) is 5.73 Å². The molecule has 3 heterocycles. The lowest BCUT2D eigenvalue weighted by Gasteiger charge is -2.34. The van der Waals surface area contributed by atoms with Gasteiger partial charge in [0.05, 0.1) is 21.1 Å². The summed E-state index contributed by atoms with van der Waals surface area (Å²) in [6.07, 6.45) is 4.62. The number of carbonyl (C=O) groups is 2. The number of H-pyrrole nitrogens is 1. The van der Waals surface area contributed by atoms with Gasteiger partial charge in [-0.3, -0.25) is 9.59 Å². The zero-order chi connectivity index (χ0) is 28.2. The summed E-state index contributed by atoms with van der Waals surface area (Å²) >= 11 is 3.42.